The summed E-state index contributed by atoms with van der Waals surface area (Å²) in [6.45, 7) is 7.24. The van der Waals surface area contributed by atoms with Gasteiger partial charge in [0.05, 0.1) is 13.2 Å². The molecule has 1 aliphatic carbocycles. The smallest absolute Gasteiger partial charge is 0.325 e. The maximum absolute atomic E-state index is 11.7. The van der Waals surface area contributed by atoms with E-state index in [4.69, 9.17) is 9.47 Å². The average molecular weight is 285 g/mol. The number of hydrogen-bond acceptors (Lipinski definition) is 4. The summed E-state index contributed by atoms with van der Waals surface area (Å²) in [5.74, 6) is 1.37. The Morgan fingerprint density at radius 2 is 2.00 bits per heavy atom. The lowest BCUT2D eigenvalue weighted by atomic mass is 9.80. The van der Waals surface area contributed by atoms with E-state index >= 15 is 0 Å². The third kappa shape index (κ3) is 4.74. The molecule has 20 heavy (non-hydrogen) atoms. The number of likely N-dealkylation sites (N-methyl/N-ethyl adjacent to an activating group) is 1. The van der Waals surface area contributed by atoms with Crippen LogP contribution in [0, 0.1) is 11.8 Å². The average Bonchev–Trinajstić information content (AvgIpc) is 2.46. The Balaban J connectivity index is 2.26. The van der Waals surface area contributed by atoms with Crippen LogP contribution in [-0.2, 0) is 14.3 Å². The molecule has 0 aromatic heterocycles. The SMILES string of the molecule is CNC(C)(CCCOC1CCC(C)C(C)C1)C(=O)OC. The molecule has 0 bridgehead atoms. The van der Waals surface area contributed by atoms with Crippen LogP contribution in [0.1, 0.15) is 52.9 Å². The van der Waals surface area contributed by atoms with Crippen LogP contribution in [-0.4, -0.2) is 38.4 Å². The Bertz CT molecular complexity index is 308. The van der Waals surface area contributed by atoms with Crippen LogP contribution in [0.25, 0.3) is 0 Å². The Hall–Kier alpha value is -0.610. The summed E-state index contributed by atoms with van der Waals surface area (Å²) in [5.41, 5.74) is -0.605. The van der Waals surface area contributed by atoms with E-state index in [0.29, 0.717) is 6.10 Å². The molecule has 0 saturated heterocycles. The summed E-state index contributed by atoms with van der Waals surface area (Å²) in [7, 11) is 3.22. The zero-order valence-electron chi connectivity index (χ0n) is 13.7. The molecule has 1 aliphatic rings. The van der Waals surface area contributed by atoms with E-state index in [1.54, 1.807) is 7.05 Å². The highest BCUT2D eigenvalue weighted by Gasteiger charge is 2.32. The minimum atomic E-state index is -0.605. The van der Waals surface area contributed by atoms with Gasteiger partial charge in [-0.3, -0.25) is 4.79 Å². The van der Waals surface area contributed by atoms with Crippen molar-refractivity contribution in [3.63, 3.8) is 0 Å². The highest BCUT2D eigenvalue weighted by Crippen LogP contribution is 2.31. The number of carbonyl (C=O) groups is 1. The Kier molecular flexibility index (Phi) is 6.96. The predicted molar refractivity (Wildman–Crippen MR) is 80.6 cm³/mol. The van der Waals surface area contributed by atoms with Gasteiger partial charge in [0.25, 0.3) is 0 Å². The second-order valence-corrected chi connectivity index (χ2v) is 6.44. The first-order valence-electron chi connectivity index (χ1n) is 7.82. The summed E-state index contributed by atoms with van der Waals surface area (Å²) in [5, 5.41) is 3.05. The van der Waals surface area contributed by atoms with Crippen molar-refractivity contribution in [1.29, 1.82) is 0 Å². The van der Waals surface area contributed by atoms with E-state index in [1.165, 1.54) is 26.4 Å². The van der Waals surface area contributed by atoms with Crippen molar-refractivity contribution < 1.29 is 14.3 Å². The van der Waals surface area contributed by atoms with Crippen LogP contribution >= 0.6 is 0 Å². The number of ether oxygens (including phenoxy) is 2. The van der Waals surface area contributed by atoms with Gasteiger partial charge in [0, 0.05) is 6.61 Å². The second kappa shape index (κ2) is 7.99. The fourth-order valence-corrected chi connectivity index (χ4v) is 2.88. The summed E-state index contributed by atoms with van der Waals surface area (Å²) < 4.78 is 10.8. The Morgan fingerprint density at radius 3 is 2.55 bits per heavy atom. The highest BCUT2D eigenvalue weighted by molar-refractivity contribution is 5.80. The third-order valence-electron chi connectivity index (χ3n) is 4.91. The van der Waals surface area contributed by atoms with E-state index in [9.17, 15) is 4.79 Å². The third-order valence-corrected chi connectivity index (χ3v) is 4.91. The van der Waals surface area contributed by atoms with Crippen molar-refractivity contribution in [3.8, 4) is 0 Å². The fraction of sp³-hybridized carbons (Fsp3) is 0.938. The van der Waals surface area contributed by atoms with Crippen molar-refractivity contribution in [2.24, 2.45) is 11.8 Å². The first-order chi connectivity index (χ1) is 9.42. The molecule has 0 heterocycles. The van der Waals surface area contributed by atoms with E-state index in [-0.39, 0.29) is 5.97 Å². The van der Waals surface area contributed by atoms with Gasteiger partial charge in [-0.05, 0) is 57.9 Å². The number of methoxy groups -OCH3 is 1. The molecule has 0 spiro atoms. The van der Waals surface area contributed by atoms with Gasteiger partial charge in [0.15, 0.2) is 0 Å². The predicted octanol–water partition coefficient (Wildman–Crippen LogP) is 2.76. The molecule has 0 aliphatic heterocycles. The molecule has 1 N–H and O–H groups in total. The quantitative estimate of drug-likeness (QED) is 0.577. The molecule has 1 saturated carbocycles. The number of hydrogen-bond donors (Lipinski definition) is 1. The molecule has 0 radical (unpaired) electrons. The van der Waals surface area contributed by atoms with E-state index in [2.05, 4.69) is 19.2 Å². The number of esters is 1. The summed E-state index contributed by atoms with van der Waals surface area (Å²) in [4.78, 5) is 11.7. The lowest BCUT2D eigenvalue weighted by Crippen LogP contribution is -2.48. The van der Waals surface area contributed by atoms with Gasteiger partial charge in [-0.25, -0.2) is 0 Å². The first-order valence-corrected chi connectivity index (χ1v) is 7.82. The van der Waals surface area contributed by atoms with Crippen LogP contribution in [0.2, 0.25) is 0 Å². The van der Waals surface area contributed by atoms with Gasteiger partial charge in [0.2, 0.25) is 0 Å². The minimum absolute atomic E-state index is 0.208. The fourth-order valence-electron chi connectivity index (χ4n) is 2.88. The van der Waals surface area contributed by atoms with Crippen LogP contribution in [0.5, 0.6) is 0 Å². The molecule has 4 heteroatoms. The molecule has 118 valence electrons. The topological polar surface area (TPSA) is 47.6 Å². The van der Waals surface area contributed by atoms with Crippen LogP contribution in [0.4, 0.5) is 0 Å². The second-order valence-electron chi connectivity index (χ2n) is 6.44. The van der Waals surface area contributed by atoms with E-state index in [0.717, 1.165) is 31.3 Å². The lowest BCUT2D eigenvalue weighted by Gasteiger charge is -2.32. The van der Waals surface area contributed by atoms with E-state index in [1.807, 2.05) is 6.92 Å². The molecule has 4 unspecified atom stereocenters. The maximum atomic E-state index is 11.7. The van der Waals surface area contributed by atoms with Gasteiger partial charge in [-0.15, -0.1) is 0 Å². The van der Waals surface area contributed by atoms with Crippen molar-refractivity contribution >= 4 is 5.97 Å². The molecule has 0 aromatic carbocycles. The van der Waals surface area contributed by atoms with Gasteiger partial charge >= 0.3 is 5.97 Å². The Labute approximate surface area is 123 Å². The monoisotopic (exact) mass is 285 g/mol. The molecule has 4 nitrogen and oxygen atoms in total. The molecule has 0 amide bonds. The molecular weight excluding hydrogens is 254 g/mol. The standard InChI is InChI=1S/C16H31NO3/c1-12-7-8-14(11-13(12)2)20-10-6-9-16(3,17-4)15(18)19-5/h12-14,17H,6-11H2,1-5H3. The zero-order chi connectivity index (χ0) is 15.2. The number of carbonyl (C=O) groups excluding carboxylic acids is 1. The van der Waals surface area contributed by atoms with Crippen molar-refractivity contribution in [2.45, 2.75) is 64.5 Å². The van der Waals surface area contributed by atoms with Crippen LogP contribution < -0.4 is 5.32 Å². The summed E-state index contributed by atoms with van der Waals surface area (Å²) >= 11 is 0. The van der Waals surface area contributed by atoms with E-state index < -0.39 is 5.54 Å². The van der Waals surface area contributed by atoms with Crippen molar-refractivity contribution in [2.75, 3.05) is 20.8 Å². The number of nitrogens with one attached hydrogen (secondary N) is 1. The van der Waals surface area contributed by atoms with Crippen molar-refractivity contribution in [1.82, 2.24) is 5.32 Å². The molecular formula is C16H31NO3. The molecule has 1 rings (SSSR count). The van der Waals surface area contributed by atoms with Gasteiger partial charge in [-0.1, -0.05) is 13.8 Å². The van der Waals surface area contributed by atoms with Gasteiger partial charge < -0.3 is 14.8 Å². The highest BCUT2D eigenvalue weighted by atomic mass is 16.5. The first kappa shape index (κ1) is 17.4. The summed E-state index contributed by atoms with van der Waals surface area (Å²) in [6, 6.07) is 0. The van der Waals surface area contributed by atoms with Crippen LogP contribution in [0.3, 0.4) is 0 Å². The number of rotatable bonds is 7. The minimum Gasteiger partial charge on any atom is -0.468 e. The lowest BCUT2D eigenvalue weighted by molar-refractivity contribution is -0.148. The van der Waals surface area contributed by atoms with Crippen LogP contribution in [0.15, 0.2) is 0 Å². The largest absolute Gasteiger partial charge is 0.468 e. The summed E-state index contributed by atoms with van der Waals surface area (Å²) in [6.07, 6.45) is 5.61. The van der Waals surface area contributed by atoms with Crippen molar-refractivity contribution in [3.05, 3.63) is 0 Å². The Morgan fingerprint density at radius 1 is 1.30 bits per heavy atom. The maximum Gasteiger partial charge on any atom is 0.325 e. The molecule has 0 aromatic rings. The van der Waals surface area contributed by atoms with Gasteiger partial charge in [0.1, 0.15) is 5.54 Å². The molecule has 4 atom stereocenters. The van der Waals surface area contributed by atoms with Gasteiger partial charge in [-0.2, -0.15) is 0 Å². The normalized spacial score (nSPS) is 29.8. The zero-order valence-corrected chi connectivity index (χ0v) is 13.7. The molecule has 1 fully saturated rings.